The highest BCUT2D eigenvalue weighted by atomic mass is 16.6. The molecule has 0 bridgehead atoms. The third kappa shape index (κ3) is 3.70. The lowest BCUT2D eigenvalue weighted by molar-refractivity contribution is -0.132. The van der Waals surface area contributed by atoms with E-state index in [2.05, 4.69) is 4.98 Å². The second-order valence-corrected chi connectivity index (χ2v) is 5.97. The first-order valence-corrected chi connectivity index (χ1v) is 8.46. The van der Waals surface area contributed by atoms with Crippen LogP contribution >= 0.6 is 0 Å². The Bertz CT molecular complexity index is 763. The van der Waals surface area contributed by atoms with Crippen molar-refractivity contribution in [2.24, 2.45) is 0 Å². The molecule has 1 aliphatic rings. The number of benzene rings is 1. The van der Waals surface area contributed by atoms with Crippen molar-refractivity contribution in [1.82, 2.24) is 14.8 Å². The number of nitrogens with one attached hydrogen (secondary N) is 1. The average Bonchev–Trinajstić information content (AvgIpc) is 3.04. The molecule has 25 heavy (non-hydrogen) atoms. The number of aromatic amines is 1. The molecule has 0 radical (unpaired) electrons. The number of hydrogen-bond donors (Lipinski definition) is 1. The largest absolute Gasteiger partial charge is 0.497 e. The maximum absolute atomic E-state index is 12.6. The molecule has 2 amide bonds. The van der Waals surface area contributed by atoms with Gasteiger partial charge in [-0.05, 0) is 30.7 Å². The van der Waals surface area contributed by atoms with Gasteiger partial charge >= 0.3 is 6.09 Å². The molecule has 0 unspecified atom stereocenters. The SMILES string of the molecule is CCOC(=O)N1CCN(C(=O)Cc2c[nH]c3ccc(OC)cc23)CC1. The molecule has 0 spiro atoms. The van der Waals surface area contributed by atoms with Gasteiger partial charge in [0, 0.05) is 43.3 Å². The van der Waals surface area contributed by atoms with Crippen LogP contribution in [0.5, 0.6) is 5.75 Å². The van der Waals surface area contributed by atoms with E-state index in [1.54, 1.807) is 23.8 Å². The predicted molar refractivity (Wildman–Crippen MR) is 93.7 cm³/mol. The van der Waals surface area contributed by atoms with E-state index < -0.39 is 0 Å². The van der Waals surface area contributed by atoms with E-state index in [9.17, 15) is 9.59 Å². The average molecular weight is 345 g/mol. The number of ether oxygens (including phenoxy) is 2. The van der Waals surface area contributed by atoms with Gasteiger partial charge in [0.25, 0.3) is 0 Å². The molecule has 1 aromatic heterocycles. The van der Waals surface area contributed by atoms with Crippen LogP contribution in [-0.4, -0.2) is 66.7 Å². The predicted octanol–water partition coefficient (Wildman–Crippen LogP) is 2.02. The smallest absolute Gasteiger partial charge is 0.409 e. The molecule has 1 N–H and O–H groups in total. The third-order valence-corrected chi connectivity index (χ3v) is 4.47. The number of hydrogen-bond acceptors (Lipinski definition) is 4. The molecule has 1 aliphatic heterocycles. The summed E-state index contributed by atoms with van der Waals surface area (Å²) in [5.74, 6) is 0.830. The van der Waals surface area contributed by atoms with Crippen molar-refractivity contribution < 1.29 is 19.1 Å². The molecule has 7 heteroatoms. The normalized spacial score (nSPS) is 14.6. The maximum Gasteiger partial charge on any atom is 0.409 e. The van der Waals surface area contributed by atoms with Crippen LogP contribution in [0.15, 0.2) is 24.4 Å². The molecule has 2 heterocycles. The third-order valence-electron chi connectivity index (χ3n) is 4.47. The van der Waals surface area contributed by atoms with E-state index in [4.69, 9.17) is 9.47 Å². The maximum atomic E-state index is 12.6. The first-order valence-electron chi connectivity index (χ1n) is 8.46. The molecule has 0 aliphatic carbocycles. The standard InChI is InChI=1S/C18H23N3O4/c1-3-25-18(23)21-8-6-20(7-9-21)17(22)10-13-12-19-16-5-4-14(24-2)11-15(13)16/h4-5,11-12,19H,3,6-10H2,1-2H3. The number of methoxy groups -OCH3 is 1. The molecule has 1 fully saturated rings. The minimum Gasteiger partial charge on any atom is -0.497 e. The van der Waals surface area contributed by atoms with E-state index >= 15 is 0 Å². The Morgan fingerprint density at radius 2 is 1.88 bits per heavy atom. The van der Waals surface area contributed by atoms with E-state index in [0.717, 1.165) is 22.2 Å². The molecular formula is C18H23N3O4. The van der Waals surface area contributed by atoms with Crippen molar-refractivity contribution >= 4 is 22.9 Å². The minimum absolute atomic E-state index is 0.0622. The number of H-pyrrole nitrogens is 1. The monoisotopic (exact) mass is 345 g/mol. The molecule has 1 saturated heterocycles. The van der Waals surface area contributed by atoms with E-state index in [0.29, 0.717) is 39.2 Å². The van der Waals surface area contributed by atoms with Gasteiger partial charge in [-0.15, -0.1) is 0 Å². The Labute approximate surface area is 146 Å². The van der Waals surface area contributed by atoms with E-state index in [1.807, 2.05) is 24.4 Å². The fraction of sp³-hybridized carbons (Fsp3) is 0.444. The zero-order valence-corrected chi connectivity index (χ0v) is 14.6. The molecule has 2 aromatic rings. The number of rotatable bonds is 4. The molecule has 134 valence electrons. The van der Waals surface area contributed by atoms with Gasteiger partial charge in [0.15, 0.2) is 0 Å². The molecule has 3 rings (SSSR count). The Balaban J connectivity index is 1.63. The van der Waals surface area contributed by atoms with Gasteiger partial charge in [0.05, 0.1) is 20.1 Å². The Hall–Kier alpha value is -2.70. The zero-order valence-electron chi connectivity index (χ0n) is 14.6. The topological polar surface area (TPSA) is 74.9 Å². The van der Waals surface area contributed by atoms with Crippen molar-refractivity contribution in [1.29, 1.82) is 0 Å². The summed E-state index contributed by atoms with van der Waals surface area (Å²) in [6, 6.07) is 5.77. The summed E-state index contributed by atoms with van der Waals surface area (Å²) < 4.78 is 10.3. The molecular weight excluding hydrogens is 322 g/mol. The summed E-state index contributed by atoms with van der Waals surface area (Å²) in [6.07, 6.45) is 1.89. The zero-order chi connectivity index (χ0) is 17.8. The second kappa shape index (κ2) is 7.46. The van der Waals surface area contributed by atoms with Crippen LogP contribution in [-0.2, 0) is 16.0 Å². The number of carbonyl (C=O) groups excluding carboxylic acids is 2. The Morgan fingerprint density at radius 3 is 2.56 bits per heavy atom. The van der Waals surface area contributed by atoms with Crippen LogP contribution in [0.2, 0.25) is 0 Å². The van der Waals surface area contributed by atoms with Crippen molar-refractivity contribution in [3.8, 4) is 5.75 Å². The van der Waals surface area contributed by atoms with E-state index in [1.165, 1.54) is 0 Å². The number of carbonyl (C=O) groups is 2. The van der Waals surface area contributed by atoms with Crippen molar-refractivity contribution in [3.05, 3.63) is 30.0 Å². The second-order valence-electron chi connectivity index (χ2n) is 5.97. The van der Waals surface area contributed by atoms with Crippen LogP contribution in [0.1, 0.15) is 12.5 Å². The van der Waals surface area contributed by atoms with Gasteiger partial charge in [-0.25, -0.2) is 4.79 Å². The number of aromatic nitrogens is 1. The van der Waals surface area contributed by atoms with Crippen molar-refractivity contribution in [2.45, 2.75) is 13.3 Å². The van der Waals surface area contributed by atoms with Crippen LogP contribution in [0.3, 0.4) is 0 Å². The lowest BCUT2D eigenvalue weighted by atomic mass is 10.1. The summed E-state index contributed by atoms with van der Waals surface area (Å²) >= 11 is 0. The highest BCUT2D eigenvalue weighted by Gasteiger charge is 2.25. The fourth-order valence-electron chi connectivity index (χ4n) is 3.06. The van der Waals surface area contributed by atoms with Gasteiger partial charge in [0.2, 0.25) is 5.91 Å². The first-order chi connectivity index (χ1) is 12.1. The van der Waals surface area contributed by atoms with Gasteiger partial charge in [0.1, 0.15) is 5.75 Å². The highest BCUT2D eigenvalue weighted by Crippen LogP contribution is 2.24. The summed E-state index contributed by atoms with van der Waals surface area (Å²) in [4.78, 5) is 31.0. The van der Waals surface area contributed by atoms with Gasteiger partial charge in [-0.2, -0.15) is 0 Å². The van der Waals surface area contributed by atoms with Crippen LogP contribution in [0, 0.1) is 0 Å². The summed E-state index contributed by atoms with van der Waals surface area (Å²) in [6.45, 7) is 4.22. The summed E-state index contributed by atoms with van der Waals surface area (Å²) in [5, 5.41) is 0.998. The van der Waals surface area contributed by atoms with Crippen molar-refractivity contribution in [2.75, 3.05) is 39.9 Å². The Kier molecular flexibility index (Phi) is 5.11. The van der Waals surface area contributed by atoms with Crippen LogP contribution in [0.25, 0.3) is 10.9 Å². The highest BCUT2D eigenvalue weighted by molar-refractivity contribution is 5.89. The van der Waals surface area contributed by atoms with Gasteiger partial charge in [-0.1, -0.05) is 0 Å². The number of fused-ring (bicyclic) bond motifs is 1. The summed E-state index contributed by atoms with van der Waals surface area (Å²) in [7, 11) is 1.63. The first kappa shape index (κ1) is 17.1. The Morgan fingerprint density at radius 1 is 1.16 bits per heavy atom. The van der Waals surface area contributed by atoms with Crippen LogP contribution < -0.4 is 4.74 Å². The van der Waals surface area contributed by atoms with Gasteiger partial charge in [-0.3, -0.25) is 4.79 Å². The lowest BCUT2D eigenvalue weighted by Gasteiger charge is -2.34. The number of nitrogens with zero attached hydrogens (tertiary/aromatic N) is 2. The van der Waals surface area contributed by atoms with Crippen molar-refractivity contribution in [3.63, 3.8) is 0 Å². The number of piperazine rings is 1. The summed E-state index contributed by atoms with van der Waals surface area (Å²) in [5.41, 5.74) is 1.93. The van der Waals surface area contributed by atoms with Gasteiger partial charge < -0.3 is 24.3 Å². The molecule has 7 nitrogen and oxygen atoms in total. The van der Waals surface area contributed by atoms with Crippen LogP contribution in [0.4, 0.5) is 4.79 Å². The molecule has 0 atom stereocenters. The van der Waals surface area contributed by atoms with E-state index in [-0.39, 0.29) is 12.0 Å². The number of amides is 2. The molecule has 0 saturated carbocycles. The lowest BCUT2D eigenvalue weighted by Crippen LogP contribution is -2.51. The minimum atomic E-state index is -0.307. The quantitative estimate of drug-likeness (QED) is 0.920. The fourth-order valence-corrected chi connectivity index (χ4v) is 3.06. The molecule has 1 aromatic carbocycles.